The summed E-state index contributed by atoms with van der Waals surface area (Å²) in [5.41, 5.74) is 1.31. The standard InChI is InChI=1S/C22H25NO4/c1-4-26-22(25)20(14-17-8-6-5-7-9-17)23-21(24)18-10-12-19(13-11-18)27-15-16(2)3/h5-14,16H,4,15H2,1-3H3,(H,23,24). The van der Waals surface area contributed by atoms with E-state index in [0.29, 0.717) is 23.8 Å². The number of amides is 1. The van der Waals surface area contributed by atoms with Crippen LogP contribution in [0.25, 0.3) is 6.08 Å². The summed E-state index contributed by atoms with van der Waals surface area (Å²) in [6.07, 6.45) is 1.59. The summed E-state index contributed by atoms with van der Waals surface area (Å²) in [5.74, 6) is 0.154. The van der Waals surface area contributed by atoms with Crippen LogP contribution in [0.1, 0.15) is 36.7 Å². The lowest BCUT2D eigenvalue weighted by Crippen LogP contribution is -2.28. The minimum Gasteiger partial charge on any atom is -0.493 e. The molecule has 5 nitrogen and oxygen atoms in total. The molecule has 0 aliphatic heterocycles. The Hall–Kier alpha value is -3.08. The number of benzene rings is 2. The third kappa shape index (κ3) is 6.62. The molecule has 0 spiro atoms. The number of esters is 1. The van der Waals surface area contributed by atoms with Gasteiger partial charge in [0.25, 0.3) is 5.91 Å². The van der Waals surface area contributed by atoms with Crippen molar-refractivity contribution in [3.05, 3.63) is 71.4 Å². The van der Waals surface area contributed by atoms with Crippen LogP contribution in [0.3, 0.4) is 0 Å². The van der Waals surface area contributed by atoms with Gasteiger partial charge in [0, 0.05) is 5.56 Å². The summed E-state index contributed by atoms with van der Waals surface area (Å²) in [7, 11) is 0. The number of nitrogens with one attached hydrogen (secondary N) is 1. The predicted molar refractivity (Wildman–Crippen MR) is 105 cm³/mol. The number of ether oxygens (including phenoxy) is 2. The van der Waals surface area contributed by atoms with E-state index >= 15 is 0 Å². The minimum absolute atomic E-state index is 0.0909. The molecule has 0 aliphatic rings. The zero-order chi connectivity index (χ0) is 19.6. The van der Waals surface area contributed by atoms with Crippen molar-refractivity contribution >= 4 is 18.0 Å². The lowest BCUT2D eigenvalue weighted by molar-refractivity contribution is -0.138. The van der Waals surface area contributed by atoms with Crippen LogP contribution in [0.2, 0.25) is 0 Å². The molecule has 0 radical (unpaired) electrons. The highest BCUT2D eigenvalue weighted by atomic mass is 16.5. The highest BCUT2D eigenvalue weighted by Crippen LogP contribution is 2.14. The van der Waals surface area contributed by atoms with Crippen LogP contribution in [0.4, 0.5) is 0 Å². The number of carbonyl (C=O) groups excluding carboxylic acids is 2. The monoisotopic (exact) mass is 367 g/mol. The Morgan fingerprint density at radius 2 is 1.70 bits per heavy atom. The molecule has 0 unspecified atom stereocenters. The van der Waals surface area contributed by atoms with Crippen LogP contribution >= 0.6 is 0 Å². The molecule has 0 aliphatic carbocycles. The van der Waals surface area contributed by atoms with Crippen molar-refractivity contribution in [3.8, 4) is 5.75 Å². The van der Waals surface area contributed by atoms with Crippen molar-refractivity contribution in [2.75, 3.05) is 13.2 Å². The van der Waals surface area contributed by atoms with E-state index in [-0.39, 0.29) is 18.2 Å². The zero-order valence-electron chi connectivity index (χ0n) is 15.9. The Bertz CT molecular complexity index is 780. The van der Waals surface area contributed by atoms with E-state index < -0.39 is 5.97 Å². The molecular formula is C22H25NO4. The van der Waals surface area contributed by atoms with Gasteiger partial charge in [-0.3, -0.25) is 4.79 Å². The molecule has 0 bridgehead atoms. The smallest absolute Gasteiger partial charge is 0.354 e. The lowest BCUT2D eigenvalue weighted by atomic mass is 10.1. The maximum Gasteiger partial charge on any atom is 0.354 e. The van der Waals surface area contributed by atoms with E-state index in [4.69, 9.17) is 9.47 Å². The van der Waals surface area contributed by atoms with Gasteiger partial charge in [-0.2, -0.15) is 0 Å². The first-order valence-electron chi connectivity index (χ1n) is 8.97. The summed E-state index contributed by atoms with van der Waals surface area (Å²) in [6, 6.07) is 16.1. The van der Waals surface area contributed by atoms with Crippen LogP contribution in [0.5, 0.6) is 5.75 Å². The quantitative estimate of drug-likeness (QED) is 0.565. The maximum absolute atomic E-state index is 12.5. The van der Waals surface area contributed by atoms with Gasteiger partial charge in [0.05, 0.1) is 13.2 Å². The van der Waals surface area contributed by atoms with Crippen LogP contribution in [-0.2, 0) is 9.53 Å². The summed E-state index contributed by atoms with van der Waals surface area (Å²) in [4.78, 5) is 24.7. The largest absolute Gasteiger partial charge is 0.493 e. The lowest BCUT2D eigenvalue weighted by Gasteiger charge is -2.11. The molecule has 5 heteroatoms. The first-order chi connectivity index (χ1) is 13.0. The number of hydrogen-bond acceptors (Lipinski definition) is 4. The number of carbonyl (C=O) groups is 2. The normalized spacial score (nSPS) is 11.2. The Morgan fingerprint density at radius 1 is 1.04 bits per heavy atom. The molecule has 1 N–H and O–H groups in total. The molecule has 0 saturated carbocycles. The Balaban J connectivity index is 2.13. The molecule has 2 aromatic rings. The minimum atomic E-state index is -0.577. The second kappa shape index (κ2) is 10.2. The molecule has 0 fully saturated rings. The Kier molecular flexibility index (Phi) is 7.62. The number of hydrogen-bond donors (Lipinski definition) is 1. The van der Waals surface area contributed by atoms with Crippen molar-refractivity contribution in [3.63, 3.8) is 0 Å². The van der Waals surface area contributed by atoms with Gasteiger partial charge in [-0.25, -0.2) is 4.79 Å². The fraction of sp³-hybridized carbons (Fsp3) is 0.273. The second-order valence-electron chi connectivity index (χ2n) is 6.37. The molecule has 2 aromatic carbocycles. The van der Waals surface area contributed by atoms with E-state index in [0.717, 1.165) is 5.56 Å². The van der Waals surface area contributed by atoms with Crippen molar-refractivity contribution in [2.24, 2.45) is 5.92 Å². The molecule has 1 amide bonds. The topological polar surface area (TPSA) is 64.6 Å². The maximum atomic E-state index is 12.5. The summed E-state index contributed by atoms with van der Waals surface area (Å²) >= 11 is 0. The summed E-state index contributed by atoms with van der Waals surface area (Å²) < 4.78 is 10.7. The Morgan fingerprint density at radius 3 is 2.30 bits per heavy atom. The molecule has 0 heterocycles. The molecule has 142 valence electrons. The van der Waals surface area contributed by atoms with Crippen molar-refractivity contribution in [2.45, 2.75) is 20.8 Å². The van der Waals surface area contributed by atoms with Gasteiger partial charge in [0.15, 0.2) is 0 Å². The molecule has 0 saturated heterocycles. The Labute approximate surface area is 160 Å². The average molecular weight is 367 g/mol. The van der Waals surface area contributed by atoms with Gasteiger partial charge in [-0.05, 0) is 48.7 Å². The van der Waals surface area contributed by atoms with Gasteiger partial charge in [-0.15, -0.1) is 0 Å². The molecular weight excluding hydrogens is 342 g/mol. The highest BCUT2D eigenvalue weighted by Gasteiger charge is 2.15. The fourth-order valence-electron chi connectivity index (χ4n) is 2.23. The highest BCUT2D eigenvalue weighted by molar-refractivity contribution is 6.03. The van der Waals surface area contributed by atoms with E-state index in [9.17, 15) is 9.59 Å². The molecule has 0 atom stereocenters. The van der Waals surface area contributed by atoms with Crippen LogP contribution in [0.15, 0.2) is 60.3 Å². The van der Waals surface area contributed by atoms with E-state index in [1.54, 1.807) is 37.3 Å². The van der Waals surface area contributed by atoms with E-state index in [1.165, 1.54) is 0 Å². The average Bonchev–Trinajstić information content (AvgIpc) is 2.67. The van der Waals surface area contributed by atoms with Crippen molar-refractivity contribution in [1.82, 2.24) is 5.32 Å². The first-order valence-corrected chi connectivity index (χ1v) is 8.97. The number of rotatable bonds is 8. The molecule has 27 heavy (non-hydrogen) atoms. The summed E-state index contributed by atoms with van der Waals surface area (Å²) in [5, 5.41) is 2.64. The zero-order valence-corrected chi connectivity index (χ0v) is 15.9. The molecule has 2 rings (SSSR count). The third-order valence-corrected chi connectivity index (χ3v) is 3.55. The predicted octanol–water partition coefficient (Wildman–Crippen LogP) is 4.06. The van der Waals surface area contributed by atoms with E-state index in [1.807, 2.05) is 30.3 Å². The first kappa shape index (κ1) is 20.2. The van der Waals surface area contributed by atoms with Crippen LogP contribution < -0.4 is 10.1 Å². The molecule has 0 aromatic heterocycles. The van der Waals surface area contributed by atoms with Crippen molar-refractivity contribution in [1.29, 1.82) is 0 Å². The van der Waals surface area contributed by atoms with Crippen molar-refractivity contribution < 1.29 is 19.1 Å². The van der Waals surface area contributed by atoms with Gasteiger partial charge in [0.2, 0.25) is 0 Å². The third-order valence-electron chi connectivity index (χ3n) is 3.55. The van der Waals surface area contributed by atoms with Gasteiger partial charge in [0.1, 0.15) is 11.4 Å². The van der Waals surface area contributed by atoms with Gasteiger partial charge >= 0.3 is 5.97 Å². The second-order valence-corrected chi connectivity index (χ2v) is 6.37. The summed E-state index contributed by atoms with van der Waals surface area (Å²) in [6.45, 7) is 6.69. The fourth-order valence-corrected chi connectivity index (χ4v) is 2.23. The van der Waals surface area contributed by atoms with Crippen LogP contribution in [0, 0.1) is 5.92 Å². The van der Waals surface area contributed by atoms with Gasteiger partial charge < -0.3 is 14.8 Å². The van der Waals surface area contributed by atoms with E-state index in [2.05, 4.69) is 19.2 Å². The van der Waals surface area contributed by atoms with Crippen LogP contribution in [-0.4, -0.2) is 25.1 Å². The van der Waals surface area contributed by atoms with Gasteiger partial charge in [-0.1, -0.05) is 44.2 Å². The SMILES string of the molecule is CCOC(=O)C(=Cc1ccccc1)NC(=O)c1ccc(OCC(C)C)cc1.